The lowest BCUT2D eigenvalue weighted by atomic mass is 10.1. The Morgan fingerprint density at radius 1 is 1.29 bits per heavy atom. The molecule has 0 aromatic heterocycles. The first-order valence-corrected chi connectivity index (χ1v) is 6.42. The molecule has 21 heavy (non-hydrogen) atoms. The van der Waals surface area contributed by atoms with Gasteiger partial charge < -0.3 is 15.2 Å². The van der Waals surface area contributed by atoms with E-state index in [1.807, 2.05) is 6.07 Å². The highest BCUT2D eigenvalue weighted by Gasteiger charge is 2.13. The normalized spacial score (nSPS) is 10.2. The fourth-order valence-corrected chi connectivity index (χ4v) is 1.97. The predicted molar refractivity (Wildman–Crippen MR) is 79.3 cm³/mol. The summed E-state index contributed by atoms with van der Waals surface area (Å²) in [5.74, 6) is 0.570. The number of benzene rings is 2. The highest BCUT2D eigenvalue weighted by molar-refractivity contribution is 5.62. The van der Waals surface area contributed by atoms with E-state index in [1.54, 1.807) is 37.4 Å². The zero-order valence-corrected chi connectivity index (χ0v) is 11.6. The molecule has 0 saturated carbocycles. The predicted octanol–water partition coefficient (Wildman–Crippen LogP) is 2.71. The first kappa shape index (κ1) is 14.8. The van der Waals surface area contributed by atoms with E-state index in [0.29, 0.717) is 22.6 Å². The summed E-state index contributed by atoms with van der Waals surface area (Å²) in [6.45, 7) is 0.0802. The summed E-state index contributed by atoms with van der Waals surface area (Å²) in [7, 11) is 1.63. The summed E-state index contributed by atoms with van der Waals surface area (Å²) >= 11 is 0. The third-order valence-corrected chi connectivity index (χ3v) is 3.07. The van der Waals surface area contributed by atoms with Crippen molar-refractivity contribution in [2.45, 2.75) is 13.2 Å². The minimum absolute atomic E-state index is 0.00837. The van der Waals surface area contributed by atoms with Crippen molar-refractivity contribution in [3.63, 3.8) is 0 Å². The second-order valence-corrected chi connectivity index (χ2v) is 4.41. The number of nitro benzene ring substituents is 1. The molecule has 0 amide bonds. The maximum absolute atomic E-state index is 11.0. The average Bonchev–Trinajstić information content (AvgIpc) is 2.52. The van der Waals surface area contributed by atoms with E-state index >= 15 is 0 Å². The van der Waals surface area contributed by atoms with Gasteiger partial charge in [0, 0.05) is 18.7 Å². The number of hydrogen-bond donors (Lipinski definition) is 2. The van der Waals surface area contributed by atoms with Crippen LogP contribution >= 0.6 is 0 Å². The number of anilines is 1. The van der Waals surface area contributed by atoms with Crippen LogP contribution in [0.4, 0.5) is 11.4 Å². The molecule has 0 spiro atoms. The van der Waals surface area contributed by atoms with E-state index < -0.39 is 4.92 Å². The summed E-state index contributed by atoms with van der Waals surface area (Å²) in [5, 5.41) is 23.0. The second kappa shape index (κ2) is 6.71. The molecule has 0 radical (unpaired) electrons. The monoisotopic (exact) mass is 288 g/mol. The lowest BCUT2D eigenvalue weighted by molar-refractivity contribution is -0.384. The standard InChI is InChI=1S/C15H16N2O4/c1-16-13-7-6-11(8-14(13)17(19)20)10-21-15-5-3-2-4-12(15)9-18/h2-8,16,18H,9-10H2,1H3. The highest BCUT2D eigenvalue weighted by atomic mass is 16.6. The highest BCUT2D eigenvalue weighted by Crippen LogP contribution is 2.26. The Morgan fingerprint density at radius 3 is 2.71 bits per heavy atom. The van der Waals surface area contributed by atoms with E-state index in [0.717, 1.165) is 0 Å². The van der Waals surface area contributed by atoms with Crippen LogP contribution in [-0.4, -0.2) is 17.1 Å². The molecule has 0 fully saturated rings. The van der Waals surface area contributed by atoms with Crippen LogP contribution in [0.1, 0.15) is 11.1 Å². The number of nitro groups is 1. The zero-order valence-electron chi connectivity index (χ0n) is 11.6. The van der Waals surface area contributed by atoms with Crippen molar-refractivity contribution in [1.29, 1.82) is 0 Å². The maximum atomic E-state index is 11.0. The van der Waals surface area contributed by atoms with E-state index in [4.69, 9.17) is 4.74 Å². The topological polar surface area (TPSA) is 84.6 Å². The molecule has 2 aromatic rings. The van der Waals surface area contributed by atoms with Crippen molar-refractivity contribution in [1.82, 2.24) is 0 Å². The lowest BCUT2D eigenvalue weighted by Crippen LogP contribution is -2.01. The third kappa shape index (κ3) is 3.49. The molecule has 2 N–H and O–H groups in total. The Hall–Kier alpha value is -2.60. The Labute approximate surface area is 122 Å². The van der Waals surface area contributed by atoms with Crippen LogP contribution in [0.5, 0.6) is 5.75 Å². The molecule has 0 saturated heterocycles. The van der Waals surface area contributed by atoms with Gasteiger partial charge in [-0.25, -0.2) is 0 Å². The van der Waals surface area contributed by atoms with E-state index in [-0.39, 0.29) is 18.9 Å². The van der Waals surface area contributed by atoms with Gasteiger partial charge in [0.1, 0.15) is 18.0 Å². The maximum Gasteiger partial charge on any atom is 0.292 e. The van der Waals surface area contributed by atoms with Crippen molar-refractivity contribution in [3.8, 4) is 5.75 Å². The number of aliphatic hydroxyl groups is 1. The summed E-state index contributed by atoms with van der Waals surface area (Å²) in [6.07, 6.45) is 0. The second-order valence-electron chi connectivity index (χ2n) is 4.41. The zero-order chi connectivity index (χ0) is 15.2. The molecule has 2 aromatic carbocycles. The molecule has 0 bridgehead atoms. The Kier molecular flexibility index (Phi) is 4.73. The molecule has 0 unspecified atom stereocenters. The molecular weight excluding hydrogens is 272 g/mol. The van der Waals surface area contributed by atoms with Gasteiger partial charge in [-0.3, -0.25) is 10.1 Å². The van der Waals surface area contributed by atoms with Crippen LogP contribution in [0, 0.1) is 10.1 Å². The van der Waals surface area contributed by atoms with Gasteiger partial charge in [-0.2, -0.15) is 0 Å². The fraction of sp³-hybridized carbons (Fsp3) is 0.200. The number of nitrogens with one attached hydrogen (secondary N) is 1. The van der Waals surface area contributed by atoms with Crippen molar-refractivity contribution < 1.29 is 14.8 Å². The molecule has 0 atom stereocenters. The van der Waals surface area contributed by atoms with Crippen molar-refractivity contribution in [2.75, 3.05) is 12.4 Å². The van der Waals surface area contributed by atoms with Crippen LogP contribution in [0.25, 0.3) is 0 Å². The van der Waals surface area contributed by atoms with Crippen molar-refractivity contribution in [3.05, 3.63) is 63.7 Å². The summed E-state index contributed by atoms with van der Waals surface area (Å²) in [5.41, 5.74) is 1.83. The Morgan fingerprint density at radius 2 is 2.05 bits per heavy atom. The number of hydrogen-bond acceptors (Lipinski definition) is 5. The molecule has 2 rings (SSSR count). The average molecular weight is 288 g/mol. The Balaban J connectivity index is 2.17. The molecule has 6 nitrogen and oxygen atoms in total. The van der Waals surface area contributed by atoms with Gasteiger partial charge in [0.15, 0.2) is 0 Å². The largest absolute Gasteiger partial charge is 0.489 e. The molecular formula is C15H16N2O4. The van der Waals surface area contributed by atoms with E-state index in [2.05, 4.69) is 5.32 Å². The van der Waals surface area contributed by atoms with Gasteiger partial charge in [-0.05, 0) is 17.7 Å². The SMILES string of the molecule is CNc1ccc(COc2ccccc2CO)cc1[N+](=O)[O-]. The smallest absolute Gasteiger partial charge is 0.292 e. The minimum Gasteiger partial charge on any atom is -0.489 e. The third-order valence-electron chi connectivity index (χ3n) is 3.07. The number of ether oxygens (including phenoxy) is 1. The number of nitrogens with zero attached hydrogens (tertiary/aromatic N) is 1. The van der Waals surface area contributed by atoms with Crippen LogP contribution in [0.15, 0.2) is 42.5 Å². The fourth-order valence-electron chi connectivity index (χ4n) is 1.97. The van der Waals surface area contributed by atoms with Gasteiger partial charge in [0.2, 0.25) is 0 Å². The number of aliphatic hydroxyl groups excluding tert-OH is 1. The molecule has 0 aliphatic heterocycles. The quantitative estimate of drug-likeness (QED) is 0.630. The lowest BCUT2D eigenvalue weighted by Gasteiger charge is -2.10. The number of para-hydroxylation sites is 1. The minimum atomic E-state index is -0.434. The van der Waals surface area contributed by atoms with Gasteiger partial charge in [-0.15, -0.1) is 0 Å². The van der Waals surface area contributed by atoms with Gasteiger partial charge in [-0.1, -0.05) is 24.3 Å². The molecule has 110 valence electrons. The molecule has 0 heterocycles. The van der Waals surface area contributed by atoms with Gasteiger partial charge in [0.25, 0.3) is 5.69 Å². The summed E-state index contributed by atoms with van der Waals surface area (Å²) in [6, 6.07) is 12.0. The van der Waals surface area contributed by atoms with E-state index in [9.17, 15) is 15.2 Å². The van der Waals surface area contributed by atoms with E-state index in [1.165, 1.54) is 6.07 Å². The van der Waals surface area contributed by atoms with Gasteiger partial charge in [0.05, 0.1) is 11.5 Å². The van der Waals surface area contributed by atoms with Crippen LogP contribution in [0.3, 0.4) is 0 Å². The summed E-state index contributed by atoms with van der Waals surface area (Å²) < 4.78 is 5.62. The summed E-state index contributed by atoms with van der Waals surface area (Å²) in [4.78, 5) is 10.6. The first-order valence-electron chi connectivity index (χ1n) is 6.42. The Bertz CT molecular complexity index is 643. The van der Waals surface area contributed by atoms with Crippen LogP contribution in [0.2, 0.25) is 0 Å². The van der Waals surface area contributed by atoms with Crippen LogP contribution < -0.4 is 10.1 Å². The van der Waals surface area contributed by atoms with Crippen molar-refractivity contribution >= 4 is 11.4 Å². The van der Waals surface area contributed by atoms with Crippen LogP contribution in [-0.2, 0) is 13.2 Å². The molecule has 0 aliphatic rings. The van der Waals surface area contributed by atoms with Crippen molar-refractivity contribution in [2.24, 2.45) is 0 Å². The first-order chi connectivity index (χ1) is 10.2. The number of rotatable bonds is 6. The molecule has 6 heteroatoms. The molecule has 0 aliphatic carbocycles. The van der Waals surface area contributed by atoms with Gasteiger partial charge >= 0.3 is 0 Å².